The van der Waals surface area contributed by atoms with E-state index in [1.165, 1.54) is 6.20 Å². The van der Waals surface area contributed by atoms with Gasteiger partial charge in [0.05, 0.1) is 17.8 Å². The van der Waals surface area contributed by atoms with Crippen LogP contribution in [0.2, 0.25) is 0 Å². The lowest BCUT2D eigenvalue weighted by atomic mass is 9.97. The summed E-state index contributed by atoms with van der Waals surface area (Å²) < 4.78 is 39.2. The first-order valence-electron chi connectivity index (χ1n) is 9.22. The van der Waals surface area contributed by atoms with Gasteiger partial charge in [-0.05, 0) is 37.1 Å². The van der Waals surface area contributed by atoms with Crippen LogP contribution in [0.1, 0.15) is 18.4 Å². The van der Waals surface area contributed by atoms with E-state index in [1.807, 2.05) is 4.90 Å². The lowest BCUT2D eigenvalue weighted by molar-refractivity contribution is -0.139. The SMILES string of the molecule is NC(=O)C1CCCN(c2ccc(NC(=O)Cn3cccc(C(F)(F)F)c3=O)cn2)C1. The molecule has 0 spiro atoms. The van der Waals surface area contributed by atoms with Crippen molar-refractivity contribution in [2.45, 2.75) is 25.6 Å². The Hall–Kier alpha value is -3.37. The van der Waals surface area contributed by atoms with Crippen LogP contribution in [0, 0.1) is 5.92 Å². The topological polar surface area (TPSA) is 110 Å². The normalized spacial score (nSPS) is 16.9. The lowest BCUT2D eigenvalue weighted by Gasteiger charge is -2.32. The zero-order chi connectivity index (χ0) is 21.9. The maximum atomic E-state index is 12.8. The van der Waals surface area contributed by atoms with Gasteiger partial charge in [-0.25, -0.2) is 4.98 Å². The maximum Gasteiger partial charge on any atom is 0.421 e. The van der Waals surface area contributed by atoms with Crippen molar-refractivity contribution in [3.05, 3.63) is 52.6 Å². The molecule has 160 valence electrons. The number of anilines is 2. The van der Waals surface area contributed by atoms with E-state index >= 15 is 0 Å². The third-order valence-corrected chi connectivity index (χ3v) is 4.82. The Morgan fingerprint density at radius 3 is 2.67 bits per heavy atom. The van der Waals surface area contributed by atoms with E-state index in [0.717, 1.165) is 31.6 Å². The average molecular weight is 423 g/mol. The summed E-state index contributed by atoms with van der Waals surface area (Å²) in [6.45, 7) is 0.615. The van der Waals surface area contributed by atoms with Crippen molar-refractivity contribution in [3.8, 4) is 0 Å². The fourth-order valence-corrected chi connectivity index (χ4v) is 3.30. The quantitative estimate of drug-likeness (QED) is 0.759. The Morgan fingerprint density at radius 1 is 1.27 bits per heavy atom. The van der Waals surface area contributed by atoms with E-state index in [9.17, 15) is 27.6 Å². The van der Waals surface area contributed by atoms with Crippen LogP contribution in [0.15, 0.2) is 41.5 Å². The van der Waals surface area contributed by atoms with Crippen LogP contribution in [0.25, 0.3) is 0 Å². The summed E-state index contributed by atoms with van der Waals surface area (Å²) in [5, 5.41) is 2.50. The molecule has 0 aliphatic carbocycles. The molecule has 11 heteroatoms. The number of nitrogens with one attached hydrogen (secondary N) is 1. The second-order valence-electron chi connectivity index (χ2n) is 6.99. The molecule has 1 saturated heterocycles. The number of carbonyl (C=O) groups excluding carboxylic acids is 2. The van der Waals surface area contributed by atoms with Gasteiger partial charge in [-0.1, -0.05) is 0 Å². The summed E-state index contributed by atoms with van der Waals surface area (Å²) in [7, 11) is 0. The highest BCUT2D eigenvalue weighted by Gasteiger charge is 2.34. The number of carbonyl (C=O) groups is 2. The Balaban J connectivity index is 1.64. The molecule has 0 saturated carbocycles. The molecule has 8 nitrogen and oxygen atoms in total. The van der Waals surface area contributed by atoms with Crippen molar-refractivity contribution in [2.24, 2.45) is 11.7 Å². The van der Waals surface area contributed by atoms with E-state index in [1.54, 1.807) is 12.1 Å². The molecule has 1 aliphatic rings. The number of piperidine rings is 1. The summed E-state index contributed by atoms with van der Waals surface area (Å²) in [6.07, 6.45) is -0.743. The molecule has 3 rings (SSSR count). The Kier molecular flexibility index (Phi) is 6.09. The van der Waals surface area contributed by atoms with E-state index in [4.69, 9.17) is 5.73 Å². The van der Waals surface area contributed by atoms with E-state index in [-0.39, 0.29) is 11.8 Å². The maximum absolute atomic E-state index is 12.8. The molecular weight excluding hydrogens is 403 g/mol. The number of nitrogens with two attached hydrogens (primary N) is 1. The summed E-state index contributed by atoms with van der Waals surface area (Å²) >= 11 is 0. The van der Waals surface area contributed by atoms with Crippen LogP contribution in [0.5, 0.6) is 0 Å². The second kappa shape index (κ2) is 8.56. The predicted octanol–water partition coefficient (Wildman–Crippen LogP) is 1.60. The Labute approximate surface area is 169 Å². The zero-order valence-electron chi connectivity index (χ0n) is 15.9. The van der Waals surface area contributed by atoms with Crippen LogP contribution < -0.4 is 21.5 Å². The molecule has 0 aromatic carbocycles. The van der Waals surface area contributed by atoms with Gasteiger partial charge in [0, 0.05) is 19.3 Å². The van der Waals surface area contributed by atoms with E-state index in [2.05, 4.69) is 10.3 Å². The highest BCUT2D eigenvalue weighted by atomic mass is 19.4. The van der Waals surface area contributed by atoms with Crippen molar-refractivity contribution in [3.63, 3.8) is 0 Å². The fourth-order valence-electron chi connectivity index (χ4n) is 3.30. The van der Waals surface area contributed by atoms with Gasteiger partial charge in [-0.3, -0.25) is 14.4 Å². The minimum absolute atomic E-state index is 0.245. The number of pyridine rings is 2. The molecule has 3 heterocycles. The molecule has 1 atom stereocenters. The number of amides is 2. The minimum atomic E-state index is -4.79. The van der Waals surface area contributed by atoms with E-state index < -0.39 is 29.8 Å². The van der Waals surface area contributed by atoms with Crippen LogP contribution in [-0.2, 0) is 22.3 Å². The molecule has 1 fully saturated rings. The van der Waals surface area contributed by atoms with Gasteiger partial charge in [0.25, 0.3) is 5.56 Å². The van der Waals surface area contributed by atoms with Crippen LogP contribution >= 0.6 is 0 Å². The van der Waals surface area contributed by atoms with Gasteiger partial charge >= 0.3 is 6.18 Å². The molecule has 3 N–H and O–H groups in total. The molecule has 0 radical (unpaired) electrons. The molecule has 1 aliphatic heterocycles. The average Bonchev–Trinajstić information content (AvgIpc) is 2.69. The van der Waals surface area contributed by atoms with Crippen LogP contribution in [0.3, 0.4) is 0 Å². The fraction of sp³-hybridized carbons (Fsp3) is 0.368. The third-order valence-electron chi connectivity index (χ3n) is 4.82. The predicted molar refractivity (Wildman–Crippen MR) is 103 cm³/mol. The zero-order valence-corrected chi connectivity index (χ0v) is 15.9. The van der Waals surface area contributed by atoms with Gasteiger partial charge in [0.15, 0.2) is 0 Å². The summed E-state index contributed by atoms with van der Waals surface area (Å²) in [4.78, 5) is 41.7. The molecule has 0 bridgehead atoms. The number of halogens is 3. The first-order valence-corrected chi connectivity index (χ1v) is 9.22. The van der Waals surface area contributed by atoms with Gasteiger partial charge in [-0.15, -0.1) is 0 Å². The standard InChI is InChI=1S/C19H20F3N5O3/c20-19(21,22)14-4-2-8-27(18(14)30)11-16(28)25-13-5-6-15(24-9-13)26-7-1-3-12(10-26)17(23)29/h2,4-6,8-9,12H,1,3,7,10-11H2,(H2,23,29)(H,25,28). The number of alkyl halides is 3. The molecule has 2 aromatic rings. The van der Waals surface area contributed by atoms with Crippen molar-refractivity contribution < 1.29 is 22.8 Å². The molecule has 2 amide bonds. The highest BCUT2D eigenvalue weighted by molar-refractivity contribution is 5.90. The third kappa shape index (κ3) is 4.97. The lowest BCUT2D eigenvalue weighted by Crippen LogP contribution is -2.41. The van der Waals surface area contributed by atoms with Crippen molar-refractivity contribution >= 4 is 23.3 Å². The van der Waals surface area contributed by atoms with Crippen molar-refractivity contribution in [1.82, 2.24) is 9.55 Å². The summed E-state index contributed by atoms with van der Waals surface area (Å²) in [5.41, 5.74) is 3.08. The van der Waals surface area contributed by atoms with Gasteiger partial charge in [0.2, 0.25) is 11.8 Å². The van der Waals surface area contributed by atoms with Crippen LogP contribution in [-0.4, -0.2) is 34.5 Å². The van der Waals surface area contributed by atoms with Gasteiger partial charge in [-0.2, -0.15) is 13.2 Å². The first-order chi connectivity index (χ1) is 14.1. The summed E-state index contributed by atoms with van der Waals surface area (Å²) in [6, 6.07) is 4.98. The Morgan fingerprint density at radius 2 is 2.03 bits per heavy atom. The number of hydrogen-bond donors (Lipinski definition) is 2. The highest BCUT2D eigenvalue weighted by Crippen LogP contribution is 2.26. The van der Waals surface area contributed by atoms with Gasteiger partial charge in [0.1, 0.15) is 17.9 Å². The second-order valence-corrected chi connectivity index (χ2v) is 6.99. The largest absolute Gasteiger partial charge is 0.421 e. The van der Waals surface area contributed by atoms with E-state index in [0.29, 0.717) is 28.7 Å². The smallest absolute Gasteiger partial charge is 0.369 e. The number of primary amides is 1. The van der Waals surface area contributed by atoms with Gasteiger partial charge < -0.3 is 20.5 Å². The number of nitrogens with zero attached hydrogens (tertiary/aromatic N) is 3. The monoisotopic (exact) mass is 423 g/mol. The number of hydrogen-bond acceptors (Lipinski definition) is 5. The Bertz CT molecular complexity index is 988. The molecule has 30 heavy (non-hydrogen) atoms. The van der Waals surface area contributed by atoms with Crippen molar-refractivity contribution in [2.75, 3.05) is 23.3 Å². The van der Waals surface area contributed by atoms with Crippen molar-refractivity contribution in [1.29, 1.82) is 0 Å². The minimum Gasteiger partial charge on any atom is -0.369 e. The number of rotatable bonds is 5. The molecular formula is C19H20F3N5O3. The molecule has 1 unspecified atom stereocenters. The number of aromatic nitrogens is 2. The van der Waals surface area contributed by atoms with Crippen LogP contribution in [0.4, 0.5) is 24.7 Å². The first kappa shape index (κ1) is 21.3. The molecule has 2 aromatic heterocycles. The summed E-state index contributed by atoms with van der Waals surface area (Å²) in [5.74, 6) is -0.648.